The molecule has 1 aliphatic carbocycles. The van der Waals surface area contributed by atoms with Gasteiger partial charge in [0.1, 0.15) is 5.82 Å². The van der Waals surface area contributed by atoms with E-state index in [0.29, 0.717) is 12.3 Å². The van der Waals surface area contributed by atoms with Crippen molar-refractivity contribution in [2.45, 2.75) is 64.5 Å². The third-order valence-electron chi connectivity index (χ3n) is 5.06. The molecule has 1 fully saturated rings. The molecule has 0 spiro atoms. The number of aromatic nitrogens is 2. The second-order valence-corrected chi connectivity index (χ2v) is 6.60. The molecule has 1 saturated carbocycles. The first-order valence-electron chi connectivity index (χ1n) is 8.30. The second-order valence-electron chi connectivity index (χ2n) is 6.60. The van der Waals surface area contributed by atoms with Crippen molar-refractivity contribution in [3.63, 3.8) is 0 Å². The molecular formula is C18H26N2O. The predicted octanol–water partition coefficient (Wildman–Crippen LogP) is 3.93. The first-order valence-corrected chi connectivity index (χ1v) is 8.30. The highest BCUT2D eigenvalue weighted by molar-refractivity contribution is 5.75. The summed E-state index contributed by atoms with van der Waals surface area (Å²) in [7, 11) is 0. The van der Waals surface area contributed by atoms with Gasteiger partial charge in [0.05, 0.1) is 16.6 Å². The lowest BCUT2D eigenvalue weighted by Gasteiger charge is -2.38. The Morgan fingerprint density at radius 1 is 1.33 bits per heavy atom. The van der Waals surface area contributed by atoms with Gasteiger partial charge in [-0.2, -0.15) is 0 Å². The standard InChI is InChI=1S/C18H26N2O/c1-3-12-20-16-10-5-4-9-15(16)19-17(20)13-18(21)11-7-6-8-14(18)2/h4-5,9-10,14,21H,3,6-8,11-13H2,1-2H3. The van der Waals surface area contributed by atoms with E-state index in [0.717, 1.165) is 43.6 Å². The van der Waals surface area contributed by atoms with Crippen LogP contribution in [0.3, 0.4) is 0 Å². The molecule has 2 atom stereocenters. The first kappa shape index (κ1) is 14.6. The Kier molecular flexibility index (Phi) is 4.03. The van der Waals surface area contributed by atoms with E-state index < -0.39 is 5.60 Å². The smallest absolute Gasteiger partial charge is 0.112 e. The number of nitrogens with zero attached hydrogens (tertiary/aromatic N) is 2. The molecule has 1 N–H and O–H groups in total. The fourth-order valence-electron chi connectivity index (χ4n) is 3.67. The monoisotopic (exact) mass is 286 g/mol. The van der Waals surface area contributed by atoms with Crippen molar-refractivity contribution in [1.29, 1.82) is 0 Å². The number of aliphatic hydroxyl groups is 1. The molecule has 0 bridgehead atoms. The molecule has 3 heteroatoms. The molecule has 21 heavy (non-hydrogen) atoms. The zero-order valence-electron chi connectivity index (χ0n) is 13.2. The largest absolute Gasteiger partial charge is 0.389 e. The van der Waals surface area contributed by atoms with E-state index >= 15 is 0 Å². The molecule has 2 aromatic rings. The molecule has 3 nitrogen and oxygen atoms in total. The summed E-state index contributed by atoms with van der Waals surface area (Å²) in [5.41, 5.74) is 1.67. The summed E-state index contributed by atoms with van der Waals surface area (Å²) in [4.78, 5) is 4.81. The van der Waals surface area contributed by atoms with Crippen molar-refractivity contribution in [2.75, 3.05) is 0 Å². The Hall–Kier alpha value is -1.35. The number of para-hydroxylation sites is 2. The number of imidazole rings is 1. The highest BCUT2D eigenvalue weighted by Gasteiger charge is 2.37. The van der Waals surface area contributed by atoms with Crippen molar-refractivity contribution in [1.82, 2.24) is 9.55 Å². The Balaban J connectivity index is 1.97. The van der Waals surface area contributed by atoms with Gasteiger partial charge in [0.25, 0.3) is 0 Å². The fraction of sp³-hybridized carbons (Fsp3) is 0.611. The maximum Gasteiger partial charge on any atom is 0.112 e. The zero-order valence-corrected chi connectivity index (χ0v) is 13.2. The van der Waals surface area contributed by atoms with Gasteiger partial charge in [-0.3, -0.25) is 0 Å². The minimum absolute atomic E-state index is 0.362. The summed E-state index contributed by atoms with van der Waals surface area (Å²) >= 11 is 0. The summed E-state index contributed by atoms with van der Waals surface area (Å²) in [6, 6.07) is 8.31. The van der Waals surface area contributed by atoms with E-state index in [4.69, 9.17) is 4.98 Å². The summed E-state index contributed by atoms with van der Waals surface area (Å²) in [5, 5.41) is 11.1. The minimum atomic E-state index is -0.578. The molecule has 1 aromatic heterocycles. The Labute approximate surface area is 127 Å². The molecule has 0 radical (unpaired) electrons. The lowest BCUT2D eigenvalue weighted by atomic mass is 9.74. The van der Waals surface area contributed by atoms with Crippen LogP contribution in [0.4, 0.5) is 0 Å². The van der Waals surface area contributed by atoms with Gasteiger partial charge in [0.15, 0.2) is 0 Å². The van der Waals surface area contributed by atoms with Crippen LogP contribution in [-0.4, -0.2) is 20.3 Å². The molecule has 2 unspecified atom stereocenters. The summed E-state index contributed by atoms with van der Waals surface area (Å²) in [6.45, 7) is 5.35. The van der Waals surface area contributed by atoms with E-state index in [9.17, 15) is 5.11 Å². The van der Waals surface area contributed by atoms with Crippen LogP contribution in [0, 0.1) is 5.92 Å². The van der Waals surface area contributed by atoms with E-state index in [2.05, 4.69) is 36.6 Å². The van der Waals surface area contributed by atoms with Gasteiger partial charge in [-0.15, -0.1) is 0 Å². The molecule has 0 saturated heterocycles. The third-order valence-corrected chi connectivity index (χ3v) is 5.06. The van der Waals surface area contributed by atoms with Crippen LogP contribution in [0.1, 0.15) is 51.8 Å². The van der Waals surface area contributed by atoms with Crippen LogP contribution in [0.2, 0.25) is 0 Å². The molecule has 1 heterocycles. The van der Waals surface area contributed by atoms with Crippen molar-refractivity contribution in [2.24, 2.45) is 5.92 Å². The van der Waals surface area contributed by atoms with Gasteiger partial charge in [-0.05, 0) is 37.3 Å². The second kappa shape index (κ2) is 5.80. The topological polar surface area (TPSA) is 38.0 Å². The van der Waals surface area contributed by atoms with Crippen LogP contribution < -0.4 is 0 Å². The molecule has 1 aliphatic rings. The summed E-state index contributed by atoms with van der Waals surface area (Å²) < 4.78 is 2.30. The highest BCUT2D eigenvalue weighted by Crippen LogP contribution is 2.36. The molecule has 1 aromatic carbocycles. The summed E-state index contributed by atoms with van der Waals surface area (Å²) in [6.07, 6.45) is 6.18. The number of fused-ring (bicyclic) bond motifs is 1. The number of benzene rings is 1. The molecule has 0 amide bonds. The SMILES string of the molecule is CCCn1c(CC2(O)CCCCC2C)nc2ccccc21. The maximum absolute atomic E-state index is 11.1. The van der Waals surface area contributed by atoms with Crippen molar-refractivity contribution >= 4 is 11.0 Å². The lowest BCUT2D eigenvalue weighted by Crippen LogP contribution is -2.42. The quantitative estimate of drug-likeness (QED) is 0.924. The van der Waals surface area contributed by atoms with Gasteiger partial charge >= 0.3 is 0 Å². The molecule has 0 aliphatic heterocycles. The Bertz CT molecular complexity index is 619. The van der Waals surface area contributed by atoms with Crippen LogP contribution >= 0.6 is 0 Å². The number of aryl methyl sites for hydroxylation is 1. The fourth-order valence-corrected chi connectivity index (χ4v) is 3.67. The van der Waals surface area contributed by atoms with Crippen molar-refractivity contribution in [3.05, 3.63) is 30.1 Å². The minimum Gasteiger partial charge on any atom is -0.389 e. The first-order chi connectivity index (χ1) is 10.1. The Morgan fingerprint density at radius 2 is 2.14 bits per heavy atom. The highest BCUT2D eigenvalue weighted by atomic mass is 16.3. The molecular weight excluding hydrogens is 260 g/mol. The predicted molar refractivity (Wildman–Crippen MR) is 86.3 cm³/mol. The average Bonchev–Trinajstić information content (AvgIpc) is 2.81. The molecule has 3 rings (SSSR count). The maximum atomic E-state index is 11.1. The van der Waals surface area contributed by atoms with E-state index in [1.165, 1.54) is 11.9 Å². The van der Waals surface area contributed by atoms with Crippen LogP contribution in [-0.2, 0) is 13.0 Å². The van der Waals surface area contributed by atoms with Gasteiger partial charge in [-0.1, -0.05) is 38.8 Å². The normalized spacial score (nSPS) is 26.3. The lowest BCUT2D eigenvalue weighted by molar-refractivity contribution is -0.0424. The van der Waals surface area contributed by atoms with Gasteiger partial charge in [0.2, 0.25) is 0 Å². The van der Waals surface area contributed by atoms with E-state index in [1.54, 1.807) is 0 Å². The van der Waals surface area contributed by atoms with Crippen molar-refractivity contribution in [3.8, 4) is 0 Å². The van der Waals surface area contributed by atoms with Crippen molar-refractivity contribution < 1.29 is 5.11 Å². The Morgan fingerprint density at radius 3 is 2.90 bits per heavy atom. The average molecular weight is 286 g/mol. The van der Waals surface area contributed by atoms with Crippen LogP contribution in [0.5, 0.6) is 0 Å². The van der Waals surface area contributed by atoms with Crippen LogP contribution in [0.25, 0.3) is 11.0 Å². The third kappa shape index (κ3) is 2.71. The number of rotatable bonds is 4. The van der Waals surface area contributed by atoms with Gasteiger partial charge in [0, 0.05) is 13.0 Å². The van der Waals surface area contributed by atoms with E-state index in [-0.39, 0.29) is 0 Å². The van der Waals surface area contributed by atoms with Crippen LogP contribution in [0.15, 0.2) is 24.3 Å². The summed E-state index contributed by atoms with van der Waals surface area (Å²) in [5.74, 6) is 1.41. The van der Waals surface area contributed by atoms with Gasteiger partial charge in [-0.25, -0.2) is 4.98 Å². The number of hydrogen-bond donors (Lipinski definition) is 1. The van der Waals surface area contributed by atoms with Gasteiger partial charge < -0.3 is 9.67 Å². The number of hydrogen-bond acceptors (Lipinski definition) is 2. The zero-order chi connectivity index (χ0) is 14.9. The van der Waals surface area contributed by atoms with E-state index in [1.807, 2.05) is 6.07 Å². The molecule has 114 valence electrons.